The van der Waals surface area contributed by atoms with Crippen molar-refractivity contribution in [2.45, 2.75) is 25.4 Å². The van der Waals surface area contributed by atoms with E-state index in [2.05, 4.69) is 5.32 Å². The van der Waals surface area contributed by atoms with Crippen molar-refractivity contribution in [1.82, 2.24) is 10.2 Å². The lowest BCUT2D eigenvalue weighted by Crippen LogP contribution is -2.37. The fraction of sp³-hybridized carbons (Fsp3) is 0.421. The Morgan fingerprint density at radius 2 is 2.04 bits per heavy atom. The average molecular weight is 360 g/mol. The lowest BCUT2D eigenvalue weighted by atomic mass is 10.1. The van der Waals surface area contributed by atoms with Gasteiger partial charge in [-0.15, -0.1) is 0 Å². The maximum Gasteiger partial charge on any atom is 0.305 e. The molecule has 26 heavy (non-hydrogen) atoms. The first-order valence-corrected chi connectivity index (χ1v) is 8.62. The van der Waals surface area contributed by atoms with Crippen molar-refractivity contribution >= 4 is 23.9 Å². The van der Waals surface area contributed by atoms with Gasteiger partial charge in [0.2, 0.25) is 5.91 Å². The van der Waals surface area contributed by atoms with E-state index in [0.717, 1.165) is 18.4 Å². The van der Waals surface area contributed by atoms with Crippen LogP contribution in [0.2, 0.25) is 0 Å². The highest BCUT2D eigenvalue weighted by atomic mass is 16.5. The number of ether oxygens (including phenoxy) is 1. The summed E-state index contributed by atoms with van der Waals surface area (Å²) < 4.78 is 5.55. The topological polar surface area (TPSA) is 95.9 Å². The van der Waals surface area contributed by atoms with Gasteiger partial charge in [-0.3, -0.25) is 14.4 Å². The second kappa shape index (κ2) is 9.72. The van der Waals surface area contributed by atoms with E-state index >= 15 is 0 Å². The minimum atomic E-state index is -0.941. The minimum Gasteiger partial charge on any atom is -0.481 e. The average Bonchev–Trinajstić information content (AvgIpc) is 3.16. The standard InChI is InChI=1S/C19H24N2O5/c1-20-19(25)15-7-4-14(5-8-15)6-9-17(22)21(11-10-18(23)24)13-16-3-2-12-26-16/h4-9,16H,2-3,10-13H2,1H3,(H,20,25)(H,23,24)/b9-6+. The van der Waals surface area contributed by atoms with E-state index < -0.39 is 5.97 Å². The zero-order valence-corrected chi connectivity index (χ0v) is 14.8. The van der Waals surface area contributed by atoms with Crippen molar-refractivity contribution in [2.75, 3.05) is 26.7 Å². The largest absolute Gasteiger partial charge is 0.481 e. The summed E-state index contributed by atoms with van der Waals surface area (Å²) in [6.45, 7) is 1.22. The van der Waals surface area contributed by atoms with Crippen LogP contribution in [-0.4, -0.2) is 60.6 Å². The third-order valence-electron chi connectivity index (χ3n) is 4.17. The van der Waals surface area contributed by atoms with Gasteiger partial charge in [-0.1, -0.05) is 12.1 Å². The van der Waals surface area contributed by atoms with Crippen molar-refractivity contribution in [3.63, 3.8) is 0 Å². The molecule has 7 heteroatoms. The Bertz CT molecular complexity index is 663. The van der Waals surface area contributed by atoms with Crippen molar-refractivity contribution in [3.8, 4) is 0 Å². The van der Waals surface area contributed by atoms with Crippen molar-refractivity contribution in [1.29, 1.82) is 0 Å². The molecule has 0 aromatic heterocycles. The number of carboxylic acid groups (broad SMARTS) is 1. The maximum absolute atomic E-state index is 12.5. The van der Waals surface area contributed by atoms with Gasteiger partial charge in [0.05, 0.1) is 12.5 Å². The number of nitrogens with one attached hydrogen (secondary N) is 1. The molecule has 1 aromatic carbocycles. The first-order valence-electron chi connectivity index (χ1n) is 8.62. The monoisotopic (exact) mass is 360 g/mol. The fourth-order valence-corrected chi connectivity index (χ4v) is 2.72. The van der Waals surface area contributed by atoms with Gasteiger partial charge in [-0.2, -0.15) is 0 Å². The smallest absolute Gasteiger partial charge is 0.305 e. The van der Waals surface area contributed by atoms with E-state index in [9.17, 15) is 14.4 Å². The Morgan fingerprint density at radius 3 is 2.62 bits per heavy atom. The van der Waals surface area contributed by atoms with Crippen LogP contribution < -0.4 is 5.32 Å². The summed E-state index contributed by atoms with van der Waals surface area (Å²) in [7, 11) is 1.56. The molecule has 0 saturated carbocycles. The number of carbonyl (C=O) groups is 3. The number of carbonyl (C=O) groups excluding carboxylic acids is 2. The van der Waals surface area contributed by atoms with Gasteiger partial charge in [0.15, 0.2) is 0 Å². The van der Waals surface area contributed by atoms with Crippen LogP contribution in [0.25, 0.3) is 6.08 Å². The normalized spacial score (nSPS) is 16.6. The number of nitrogens with zero attached hydrogens (tertiary/aromatic N) is 1. The zero-order chi connectivity index (χ0) is 18.9. The van der Waals surface area contributed by atoms with E-state index in [1.54, 1.807) is 37.4 Å². The number of amides is 2. The number of hydrogen-bond acceptors (Lipinski definition) is 4. The van der Waals surface area contributed by atoms with Gasteiger partial charge < -0.3 is 20.1 Å². The van der Waals surface area contributed by atoms with Crippen molar-refractivity contribution in [2.24, 2.45) is 0 Å². The van der Waals surface area contributed by atoms with Crippen LogP contribution >= 0.6 is 0 Å². The predicted octanol–water partition coefficient (Wildman–Crippen LogP) is 1.54. The quantitative estimate of drug-likeness (QED) is 0.686. The second-order valence-electron chi connectivity index (χ2n) is 6.10. The molecule has 1 heterocycles. The molecule has 1 saturated heterocycles. The number of benzene rings is 1. The summed E-state index contributed by atoms with van der Waals surface area (Å²) in [6, 6.07) is 6.85. The Balaban J connectivity index is 2.00. The molecule has 1 aliphatic rings. The first kappa shape index (κ1) is 19.7. The molecule has 0 radical (unpaired) electrons. The summed E-state index contributed by atoms with van der Waals surface area (Å²) in [5, 5.41) is 11.4. The molecule has 1 unspecified atom stereocenters. The first-order chi connectivity index (χ1) is 12.5. The fourth-order valence-electron chi connectivity index (χ4n) is 2.72. The van der Waals surface area contributed by atoms with Crippen molar-refractivity contribution in [3.05, 3.63) is 41.5 Å². The lowest BCUT2D eigenvalue weighted by molar-refractivity contribution is -0.138. The van der Waals surface area contributed by atoms with Crippen molar-refractivity contribution < 1.29 is 24.2 Å². The molecule has 1 atom stereocenters. The minimum absolute atomic E-state index is 0.0343. The summed E-state index contributed by atoms with van der Waals surface area (Å²) in [6.07, 6.45) is 4.77. The second-order valence-corrected chi connectivity index (χ2v) is 6.10. The summed E-state index contributed by atoms with van der Waals surface area (Å²) in [4.78, 5) is 36.3. The molecule has 140 valence electrons. The highest BCUT2D eigenvalue weighted by Gasteiger charge is 2.21. The number of carboxylic acids is 1. The van der Waals surface area contributed by atoms with Gasteiger partial charge in [0, 0.05) is 38.4 Å². The predicted molar refractivity (Wildman–Crippen MR) is 96.7 cm³/mol. The molecule has 0 aliphatic carbocycles. The highest BCUT2D eigenvalue weighted by molar-refractivity contribution is 5.95. The molecular formula is C19H24N2O5. The summed E-state index contributed by atoms with van der Waals surface area (Å²) in [5.41, 5.74) is 1.32. The highest BCUT2D eigenvalue weighted by Crippen LogP contribution is 2.14. The van der Waals surface area contributed by atoms with E-state index in [1.165, 1.54) is 11.0 Å². The van der Waals surface area contributed by atoms with Crippen LogP contribution in [0.3, 0.4) is 0 Å². The Morgan fingerprint density at radius 1 is 1.31 bits per heavy atom. The van der Waals surface area contributed by atoms with E-state index in [4.69, 9.17) is 9.84 Å². The Hall–Kier alpha value is -2.67. The van der Waals surface area contributed by atoms with E-state index in [1.807, 2.05) is 0 Å². The summed E-state index contributed by atoms with van der Waals surface area (Å²) >= 11 is 0. The zero-order valence-electron chi connectivity index (χ0n) is 14.8. The number of aliphatic carboxylic acids is 1. The molecule has 2 N–H and O–H groups in total. The third-order valence-corrected chi connectivity index (χ3v) is 4.17. The van der Waals surface area contributed by atoms with Crippen LogP contribution in [0, 0.1) is 0 Å². The van der Waals surface area contributed by atoms with Crippen LogP contribution in [0.1, 0.15) is 35.2 Å². The molecule has 7 nitrogen and oxygen atoms in total. The van der Waals surface area contributed by atoms with Gasteiger partial charge in [-0.25, -0.2) is 0 Å². The molecule has 1 aliphatic heterocycles. The van der Waals surface area contributed by atoms with Crippen LogP contribution in [0.4, 0.5) is 0 Å². The Kier molecular flexibility index (Phi) is 7.35. The molecule has 1 aromatic rings. The van der Waals surface area contributed by atoms with Gasteiger partial charge >= 0.3 is 5.97 Å². The number of hydrogen-bond donors (Lipinski definition) is 2. The van der Waals surface area contributed by atoms with E-state index in [-0.39, 0.29) is 30.9 Å². The molecule has 2 rings (SSSR count). The van der Waals surface area contributed by atoms with E-state index in [0.29, 0.717) is 18.7 Å². The Labute approximate surface area is 152 Å². The maximum atomic E-state index is 12.5. The van der Waals surface area contributed by atoms with Gasteiger partial charge in [0.1, 0.15) is 0 Å². The lowest BCUT2D eigenvalue weighted by Gasteiger charge is -2.23. The molecule has 2 amide bonds. The van der Waals surface area contributed by atoms with Gasteiger partial charge in [0.25, 0.3) is 5.91 Å². The van der Waals surface area contributed by atoms with Gasteiger partial charge in [-0.05, 0) is 36.6 Å². The summed E-state index contributed by atoms with van der Waals surface area (Å²) in [5.74, 6) is -1.37. The SMILES string of the molecule is CNC(=O)c1ccc(/C=C/C(=O)N(CCC(=O)O)CC2CCCO2)cc1. The van der Waals surface area contributed by atoms with Crippen LogP contribution in [0.5, 0.6) is 0 Å². The molecule has 0 bridgehead atoms. The van der Waals surface area contributed by atoms with Crippen LogP contribution in [0.15, 0.2) is 30.3 Å². The molecule has 1 fully saturated rings. The number of rotatable bonds is 8. The molecular weight excluding hydrogens is 336 g/mol. The van der Waals surface area contributed by atoms with Crippen LogP contribution in [-0.2, 0) is 14.3 Å². The molecule has 0 spiro atoms. The third kappa shape index (κ3) is 6.00.